The second-order valence-electron chi connectivity index (χ2n) is 6.28. The predicted octanol–water partition coefficient (Wildman–Crippen LogP) is 3.28. The molecular formula is C16H17ClF3N3O2. The fourth-order valence-electron chi connectivity index (χ4n) is 3.31. The standard InChI is InChI=1S/C16H17ClF3N3O2/c1-8(24)23-4-2-10(3-5-23)16(19,20)15(25)12-13(18)11(17)6-9-7-21-22-14(9)12/h6-7,10,15,25H,2-5H2,1H3,(H,21,22). The smallest absolute Gasteiger partial charge is 0.280 e. The van der Waals surface area contributed by atoms with E-state index in [4.69, 9.17) is 11.6 Å². The maximum atomic E-state index is 14.9. The molecular weight excluding hydrogens is 359 g/mol. The average molecular weight is 376 g/mol. The molecule has 3 rings (SSSR count). The van der Waals surface area contributed by atoms with E-state index in [2.05, 4.69) is 10.2 Å². The van der Waals surface area contributed by atoms with Gasteiger partial charge in [-0.15, -0.1) is 0 Å². The van der Waals surface area contributed by atoms with Gasteiger partial charge in [-0.2, -0.15) is 5.10 Å². The normalized spacial score (nSPS) is 17.9. The highest BCUT2D eigenvalue weighted by Gasteiger charge is 2.49. The van der Waals surface area contributed by atoms with Crippen LogP contribution in [0.25, 0.3) is 10.9 Å². The van der Waals surface area contributed by atoms with Gasteiger partial charge in [0, 0.05) is 36.9 Å². The zero-order valence-corrected chi connectivity index (χ0v) is 14.2. The summed E-state index contributed by atoms with van der Waals surface area (Å²) in [4.78, 5) is 12.8. The van der Waals surface area contributed by atoms with Gasteiger partial charge in [0.2, 0.25) is 5.91 Å². The number of aliphatic hydroxyl groups is 1. The molecule has 1 aliphatic heterocycles. The summed E-state index contributed by atoms with van der Waals surface area (Å²) in [6, 6.07) is 1.26. The number of amides is 1. The summed E-state index contributed by atoms with van der Waals surface area (Å²) in [7, 11) is 0. The third kappa shape index (κ3) is 3.08. The lowest BCUT2D eigenvalue weighted by Crippen LogP contribution is -2.45. The van der Waals surface area contributed by atoms with Crippen LogP contribution in [-0.2, 0) is 4.79 Å². The van der Waals surface area contributed by atoms with Crippen molar-refractivity contribution in [1.29, 1.82) is 0 Å². The second-order valence-corrected chi connectivity index (χ2v) is 6.68. The fourth-order valence-corrected chi connectivity index (χ4v) is 3.53. The number of aromatic nitrogens is 2. The van der Waals surface area contributed by atoms with Gasteiger partial charge >= 0.3 is 0 Å². The zero-order chi connectivity index (χ0) is 18.4. The lowest BCUT2D eigenvalue weighted by atomic mass is 9.84. The Morgan fingerprint density at radius 2 is 2.12 bits per heavy atom. The van der Waals surface area contributed by atoms with Gasteiger partial charge in [0.15, 0.2) is 0 Å². The van der Waals surface area contributed by atoms with Gasteiger partial charge in [-0.1, -0.05) is 11.6 Å². The average Bonchev–Trinajstić information content (AvgIpc) is 3.03. The minimum absolute atomic E-state index is 0.00440. The number of H-pyrrole nitrogens is 1. The molecule has 1 saturated heterocycles. The zero-order valence-electron chi connectivity index (χ0n) is 13.4. The van der Waals surface area contributed by atoms with Crippen molar-refractivity contribution in [3.8, 4) is 0 Å². The molecule has 136 valence electrons. The molecule has 2 N–H and O–H groups in total. The van der Waals surface area contributed by atoms with Crippen molar-refractivity contribution < 1.29 is 23.1 Å². The SMILES string of the molecule is CC(=O)N1CCC(C(F)(F)C(O)c2c(F)c(Cl)cc3cn[nH]c23)CC1. The van der Waals surface area contributed by atoms with Gasteiger partial charge in [-0.05, 0) is 18.9 Å². The first kappa shape index (κ1) is 18.0. The summed E-state index contributed by atoms with van der Waals surface area (Å²) < 4.78 is 44.1. The molecule has 1 fully saturated rings. The highest BCUT2D eigenvalue weighted by Crippen LogP contribution is 2.45. The number of hydrogen-bond donors (Lipinski definition) is 2. The van der Waals surface area contributed by atoms with Gasteiger partial charge in [0.05, 0.1) is 16.7 Å². The summed E-state index contributed by atoms with van der Waals surface area (Å²) in [6.07, 6.45) is -1.00. The molecule has 2 aromatic rings. The highest BCUT2D eigenvalue weighted by atomic mass is 35.5. The molecule has 1 unspecified atom stereocenters. The summed E-state index contributed by atoms with van der Waals surface area (Å²) in [5, 5.41) is 16.4. The Balaban J connectivity index is 1.92. The van der Waals surface area contributed by atoms with Crippen LogP contribution in [0.3, 0.4) is 0 Å². The number of rotatable bonds is 3. The number of fused-ring (bicyclic) bond motifs is 1. The number of aromatic amines is 1. The van der Waals surface area contributed by atoms with Crippen LogP contribution in [0, 0.1) is 11.7 Å². The number of carbonyl (C=O) groups excluding carboxylic acids is 1. The lowest BCUT2D eigenvalue weighted by Gasteiger charge is -2.37. The van der Waals surface area contributed by atoms with Crippen LogP contribution in [0.2, 0.25) is 5.02 Å². The van der Waals surface area contributed by atoms with Gasteiger partial charge in [0.25, 0.3) is 5.92 Å². The maximum Gasteiger partial charge on any atom is 0.280 e. The first-order chi connectivity index (χ1) is 11.7. The molecule has 5 nitrogen and oxygen atoms in total. The van der Waals surface area contributed by atoms with Crippen LogP contribution in [0.15, 0.2) is 12.3 Å². The summed E-state index contributed by atoms with van der Waals surface area (Å²) >= 11 is 5.77. The molecule has 2 heterocycles. The summed E-state index contributed by atoms with van der Waals surface area (Å²) in [6.45, 7) is 1.74. The van der Waals surface area contributed by atoms with Crippen molar-refractivity contribution in [2.75, 3.05) is 13.1 Å². The number of benzene rings is 1. The Morgan fingerprint density at radius 3 is 2.72 bits per heavy atom. The van der Waals surface area contributed by atoms with Crippen LogP contribution >= 0.6 is 11.6 Å². The van der Waals surface area contributed by atoms with Gasteiger partial charge in [-0.25, -0.2) is 13.2 Å². The van der Waals surface area contributed by atoms with Crippen molar-refractivity contribution >= 4 is 28.4 Å². The van der Waals surface area contributed by atoms with Crippen molar-refractivity contribution in [1.82, 2.24) is 15.1 Å². The first-order valence-electron chi connectivity index (χ1n) is 7.85. The Labute approximate surface area is 146 Å². The summed E-state index contributed by atoms with van der Waals surface area (Å²) in [5.41, 5.74) is -0.589. The van der Waals surface area contributed by atoms with Crippen LogP contribution in [-0.4, -0.2) is 45.1 Å². The molecule has 0 spiro atoms. The Hall–Kier alpha value is -1.80. The quantitative estimate of drug-likeness (QED) is 0.865. The minimum atomic E-state index is -3.58. The monoisotopic (exact) mass is 375 g/mol. The molecule has 0 bridgehead atoms. The van der Waals surface area contributed by atoms with E-state index in [1.807, 2.05) is 0 Å². The first-order valence-corrected chi connectivity index (χ1v) is 8.23. The van der Waals surface area contributed by atoms with Gasteiger partial charge in [0.1, 0.15) is 11.9 Å². The molecule has 1 atom stereocenters. The molecule has 1 aromatic carbocycles. The third-order valence-electron chi connectivity index (χ3n) is 4.79. The van der Waals surface area contributed by atoms with Crippen molar-refractivity contribution in [2.45, 2.75) is 31.8 Å². The number of piperidine rings is 1. The molecule has 0 aliphatic carbocycles. The molecule has 1 aromatic heterocycles. The van der Waals surface area contributed by atoms with Gasteiger partial charge in [-0.3, -0.25) is 9.89 Å². The van der Waals surface area contributed by atoms with E-state index in [0.29, 0.717) is 5.39 Å². The van der Waals surface area contributed by atoms with Gasteiger partial charge < -0.3 is 10.0 Å². The number of nitrogens with one attached hydrogen (secondary N) is 1. The van der Waals surface area contributed by atoms with Crippen molar-refractivity contribution in [3.63, 3.8) is 0 Å². The molecule has 1 aliphatic rings. The molecule has 0 radical (unpaired) electrons. The largest absolute Gasteiger partial charge is 0.382 e. The Kier molecular flexibility index (Phi) is 4.68. The van der Waals surface area contributed by atoms with E-state index in [1.165, 1.54) is 24.1 Å². The number of aliphatic hydroxyl groups excluding tert-OH is 1. The second kappa shape index (κ2) is 6.49. The van der Waals surface area contributed by atoms with Crippen LogP contribution < -0.4 is 0 Å². The predicted molar refractivity (Wildman–Crippen MR) is 85.9 cm³/mol. The number of hydrogen-bond acceptors (Lipinski definition) is 3. The molecule has 0 saturated carbocycles. The topological polar surface area (TPSA) is 69.2 Å². The number of carbonyl (C=O) groups is 1. The number of alkyl halides is 2. The molecule has 1 amide bonds. The maximum absolute atomic E-state index is 14.9. The highest BCUT2D eigenvalue weighted by molar-refractivity contribution is 6.31. The fraction of sp³-hybridized carbons (Fsp3) is 0.500. The van der Waals surface area contributed by atoms with Crippen molar-refractivity contribution in [2.24, 2.45) is 5.92 Å². The van der Waals surface area contributed by atoms with E-state index in [0.717, 1.165) is 0 Å². The summed E-state index contributed by atoms with van der Waals surface area (Å²) in [5.74, 6) is -6.02. The molecule has 9 heteroatoms. The Bertz CT molecular complexity index is 803. The Morgan fingerprint density at radius 1 is 1.48 bits per heavy atom. The number of likely N-dealkylation sites (tertiary alicyclic amines) is 1. The minimum Gasteiger partial charge on any atom is -0.382 e. The van der Waals surface area contributed by atoms with Crippen molar-refractivity contribution in [3.05, 3.63) is 28.7 Å². The van der Waals surface area contributed by atoms with E-state index in [-0.39, 0.29) is 42.4 Å². The van der Waals surface area contributed by atoms with E-state index in [9.17, 15) is 23.1 Å². The molecule has 25 heavy (non-hydrogen) atoms. The van der Waals surface area contributed by atoms with Crippen LogP contribution in [0.5, 0.6) is 0 Å². The third-order valence-corrected chi connectivity index (χ3v) is 5.06. The van der Waals surface area contributed by atoms with Crippen LogP contribution in [0.4, 0.5) is 13.2 Å². The van der Waals surface area contributed by atoms with E-state index < -0.39 is 29.3 Å². The number of nitrogens with zero attached hydrogens (tertiary/aromatic N) is 2. The van der Waals surface area contributed by atoms with Crippen LogP contribution in [0.1, 0.15) is 31.4 Å². The van der Waals surface area contributed by atoms with E-state index >= 15 is 0 Å². The number of halogens is 4. The lowest BCUT2D eigenvalue weighted by molar-refractivity contribution is -0.164. The van der Waals surface area contributed by atoms with E-state index in [1.54, 1.807) is 0 Å².